The Morgan fingerprint density at radius 1 is 1.00 bits per heavy atom. The zero-order valence-electron chi connectivity index (χ0n) is 11.4. The minimum atomic E-state index is 0.299. The number of ether oxygens (including phenoxy) is 1. The standard InChI is InChI=1S/C15H25NO2/c1-16-13-3-2-4-14(16)10-12(9-13)15(17)11-5-7-18-8-6-11/h11-14H,2-10H2,1H3. The molecule has 3 heterocycles. The van der Waals surface area contributed by atoms with Gasteiger partial charge in [-0.05, 0) is 45.6 Å². The van der Waals surface area contributed by atoms with Gasteiger partial charge >= 0.3 is 0 Å². The number of Topliss-reactive ketones (excluding diaryl/α,β-unsaturated/α-hetero) is 1. The van der Waals surface area contributed by atoms with Gasteiger partial charge in [0.05, 0.1) is 0 Å². The van der Waals surface area contributed by atoms with Crippen molar-refractivity contribution in [3.8, 4) is 0 Å². The Morgan fingerprint density at radius 3 is 2.22 bits per heavy atom. The maximum Gasteiger partial charge on any atom is 0.139 e. The normalized spacial score (nSPS) is 38.6. The second-order valence-electron chi connectivity index (χ2n) is 6.36. The number of piperidine rings is 2. The van der Waals surface area contributed by atoms with Crippen molar-refractivity contribution < 1.29 is 9.53 Å². The van der Waals surface area contributed by atoms with Gasteiger partial charge in [0.1, 0.15) is 5.78 Å². The number of ketones is 1. The number of rotatable bonds is 2. The number of hydrogen-bond donors (Lipinski definition) is 0. The summed E-state index contributed by atoms with van der Waals surface area (Å²) in [5.41, 5.74) is 0. The van der Waals surface area contributed by atoms with Gasteiger partial charge in [0.15, 0.2) is 0 Å². The molecule has 3 saturated heterocycles. The highest BCUT2D eigenvalue weighted by molar-refractivity contribution is 5.83. The van der Waals surface area contributed by atoms with Crippen molar-refractivity contribution in [3.63, 3.8) is 0 Å². The molecule has 0 radical (unpaired) electrons. The van der Waals surface area contributed by atoms with Crippen LogP contribution in [0.1, 0.15) is 44.9 Å². The van der Waals surface area contributed by atoms with Crippen LogP contribution in [0.2, 0.25) is 0 Å². The van der Waals surface area contributed by atoms with E-state index in [0.717, 1.165) is 38.9 Å². The van der Waals surface area contributed by atoms with Gasteiger partial charge in [-0.1, -0.05) is 6.42 Å². The van der Waals surface area contributed by atoms with E-state index in [-0.39, 0.29) is 0 Å². The molecule has 3 fully saturated rings. The van der Waals surface area contributed by atoms with Crippen LogP contribution >= 0.6 is 0 Å². The second kappa shape index (κ2) is 5.30. The molecule has 0 aromatic carbocycles. The lowest BCUT2D eigenvalue weighted by atomic mass is 9.74. The summed E-state index contributed by atoms with van der Waals surface area (Å²) in [5.74, 6) is 1.20. The summed E-state index contributed by atoms with van der Waals surface area (Å²) in [5, 5.41) is 0. The Balaban J connectivity index is 1.64. The zero-order chi connectivity index (χ0) is 12.5. The van der Waals surface area contributed by atoms with E-state index in [9.17, 15) is 4.79 Å². The lowest BCUT2D eigenvalue weighted by Gasteiger charge is -2.47. The molecular weight excluding hydrogens is 226 g/mol. The Bertz CT molecular complexity index is 298. The number of hydrogen-bond acceptors (Lipinski definition) is 3. The van der Waals surface area contributed by atoms with Crippen LogP contribution in [0.25, 0.3) is 0 Å². The first-order chi connectivity index (χ1) is 8.75. The first-order valence-corrected chi connectivity index (χ1v) is 7.59. The molecule has 0 amide bonds. The largest absolute Gasteiger partial charge is 0.381 e. The summed E-state index contributed by atoms with van der Waals surface area (Å²) < 4.78 is 5.37. The third-order valence-corrected chi connectivity index (χ3v) is 5.37. The van der Waals surface area contributed by atoms with Crippen LogP contribution in [0, 0.1) is 11.8 Å². The lowest BCUT2D eigenvalue weighted by Crippen LogP contribution is -2.51. The zero-order valence-corrected chi connectivity index (χ0v) is 11.4. The molecule has 3 rings (SSSR count). The van der Waals surface area contributed by atoms with Gasteiger partial charge in [-0.15, -0.1) is 0 Å². The summed E-state index contributed by atoms with van der Waals surface area (Å²) in [6.07, 6.45) is 8.10. The van der Waals surface area contributed by atoms with Crippen LogP contribution in [-0.2, 0) is 9.53 Å². The van der Waals surface area contributed by atoms with Gasteiger partial charge in [0.2, 0.25) is 0 Å². The van der Waals surface area contributed by atoms with Crippen LogP contribution in [-0.4, -0.2) is 43.0 Å². The molecule has 2 atom stereocenters. The molecule has 102 valence electrons. The van der Waals surface area contributed by atoms with E-state index in [1.807, 2.05) is 0 Å². The predicted octanol–water partition coefficient (Wildman–Crippen LogP) is 2.25. The van der Waals surface area contributed by atoms with Gasteiger partial charge in [-0.3, -0.25) is 4.79 Å². The molecule has 0 aliphatic carbocycles. The second-order valence-corrected chi connectivity index (χ2v) is 6.36. The summed E-state index contributed by atoms with van der Waals surface area (Å²) in [6, 6.07) is 1.34. The molecule has 3 heteroatoms. The van der Waals surface area contributed by atoms with Crippen molar-refractivity contribution >= 4 is 5.78 Å². The van der Waals surface area contributed by atoms with E-state index in [1.54, 1.807) is 0 Å². The van der Waals surface area contributed by atoms with Crippen LogP contribution in [0.3, 0.4) is 0 Å². The van der Waals surface area contributed by atoms with Crippen molar-refractivity contribution in [2.24, 2.45) is 11.8 Å². The predicted molar refractivity (Wildman–Crippen MR) is 70.5 cm³/mol. The van der Waals surface area contributed by atoms with E-state index >= 15 is 0 Å². The highest BCUT2D eigenvalue weighted by Crippen LogP contribution is 2.38. The molecule has 0 aromatic rings. The molecule has 3 aliphatic rings. The molecule has 3 nitrogen and oxygen atoms in total. The van der Waals surface area contributed by atoms with Crippen molar-refractivity contribution in [3.05, 3.63) is 0 Å². The maximum atomic E-state index is 12.6. The minimum absolute atomic E-state index is 0.299. The van der Waals surface area contributed by atoms with Crippen molar-refractivity contribution in [2.45, 2.75) is 57.0 Å². The minimum Gasteiger partial charge on any atom is -0.381 e. The third-order valence-electron chi connectivity index (χ3n) is 5.37. The molecular formula is C15H25NO2. The molecule has 0 saturated carbocycles. The van der Waals surface area contributed by atoms with Crippen LogP contribution in [0.15, 0.2) is 0 Å². The van der Waals surface area contributed by atoms with Crippen molar-refractivity contribution in [1.29, 1.82) is 0 Å². The van der Waals surface area contributed by atoms with Crippen molar-refractivity contribution in [2.75, 3.05) is 20.3 Å². The summed E-state index contributed by atoms with van der Waals surface area (Å²) >= 11 is 0. The number of nitrogens with zero attached hydrogens (tertiary/aromatic N) is 1. The number of carbonyl (C=O) groups is 1. The average Bonchev–Trinajstić information content (AvgIpc) is 2.38. The summed E-state index contributed by atoms with van der Waals surface area (Å²) in [4.78, 5) is 15.2. The van der Waals surface area contributed by atoms with E-state index in [1.165, 1.54) is 19.3 Å². The quantitative estimate of drug-likeness (QED) is 0.754. The van der Waals surface area contributed by atoms with Gasteiger partial charge in [0.25, 0.3) is 0 Å². The number of fused-ring (bicyclic) bond motifs is 2. The Labute approximate surface area is 110 Å². The Kier molecular flexibility index (Phi) is 3.71. The molecule has 0 N–H and O–H groups in total. The first-order valence-electron chi connectivity index (χ1n) is 7.59. The Morgan fingerprint density at radius 2 is 1.61 bits per heavy atom. The molecule has 18 heavy (non-hydrogen) atoms. The molecule has 2 unspecified atom stereocenters. The number of carbonyl (C=O) groups excluding carboxylic acids is 1. The van der Waals surface area contributed by atoms with Crippen LogP contribution in [0.5, 0.6) is 0 Å². The Hall–Kier alpha value is -0.410. The fourth-order valence-corrected chi connectivity index (χ4v) is 4.16. The molecule has 3 aliphatic heterocycles. The SMILES string of the molecule is CN1C2CCCC1CC(C(=O)C1CCOCC1)C2. The van der Waals surface area contributed by atoms with Crippen LogP contribution in [0.4, 0.5) is 0 Å². The maximum absolute atomic E-state index is 12.6. The fourth-order valence-electron chi connectivity index (χ4n) is 4.16. The van der Waals surface area contributed by atoms with Gasteiger partial charge in [-0.2, -0.15) is 0 Å². The monoisotopic (exact) mass is 251 g/mol. The van der Waals surface area contributed by atoms with E-state index in [4.69, 9.17) is 4.74 Å². The van der Waals surface area contributed by atoms with Gasteiger partial charge in [0, 0.05) is 37.1 Å². The smallest absolute Gasteiger partial charge is 0.139 e. The van der Waals surface area contributed by atoms with Crippen molar-refractivity contribution in [1.82, 2.24) is 4.90 Å². The highest BCUT2D eigenvalue weighted by Gasteiger charge is 2.40. The molecule has 2 bridgehead atoms. The van der Waals surface area contributed by atoms with E-state index in [0.29, 0.717) is 29.7 Å². The molecule has 0 aromatic heterocycles. The topological polar surface area (TPSA) is 29.5 Å². The first kappa shape index (κ1) is 12.6. The third kappa shape index (κ3) is 2.35. The fraction of sp³-hybridized carbons (Fsp3) is 0.933. The highest BCUT2D eigenvalue weighted by atomic mass is 16.5. The van der Waals surface area contributed by atoms with Crippen LogP contribution < -0.4 is 0 Å². The van der Waals surface area contributed by atoms with E-state index in [2.05, 4.69) is 11.9 Å². The van der Waals surface area contributed by atoms with E-state index < -0.39 is 0 Å². The lowest BCUT2D eigenvalue weighted by molar-refractivity contribution is -0.133. The van der Waals surface area contributed by atoms with Gasteiger partial charge < -0.3 is 9.64 Å². The molecule has 0 spiro atoms. The van der Waals surface area contributed by atoms with Gasteiger partial charge in [-0.25, -0.2) is 0 Å². The summed E-state index contributed by atoms with van der Waals surface area (Å²) in [6.45, 7) is 1.58. The summed E-state index contributed by atoms with van der Waals surface area (Å²) in [7, 11) is 2.25. The average molecular weight is 251 g/mol.